The Bertz CT molecular complexity index is 2040. The molecule has 2 heterocycles. The van der Waals surface area contributed by atoms with Gasteiger partial charge < -0.3 is 0 Å². The SMILES string of the molecule is FC(F)(F)c1cc2nc3c(nc2cc1C(F)(F)F)-c1ccc2c4c(ccc-3c14)-c1nc3cc(C(F)(F)F)c(C(F)(F)F)cc3nc1-2. The molecule has 0 bridgehead atoms. The summed E-state index contributed by atoms with van der Waals surface area (Å²) < 4.78 is 163. The van der Waals surface area contributed by atoms with Crippen LogP contribution in [0.3, 0.4) is 0 Å². The van der Waals surface area contributed by atoms with Gasteiger partial charge in [0.05, 0.1) is 67.1 Å². The largest absolute Gasteiger partial charge is 0.417 e. The lowest BCUT2D eigenvalue weighted by Crippen LogP contribution is -2.16. The molecule has 0 aliphatic heterocycles. The van der Waals surface area contributed by atoms with E-state index in [0.717, 1.165) is 0 Å². The molecule has 8 rings (SSSR count). The summed E-state index contributed by atoms with van der Waals surface area (Å²) in [5.41, 5.74) is -7.80. The van der Waals surface area contributed by atoms with Crippen LogP contribution in [0.1, 0.15) is 22.3 Å². The summed E-state index contributed by atoms with van der Waals surface area (Å²) in [5.74, 6) is 0. The number of hydrogen-bond acceptors (Lipinski definition) is 4. The van der Waals surface area contributed by atoms with Crippen LogP contribution in [0, 0.1) is 0 Å². The van der Waals surface area contributed by atoms with E-state index in [0.29, 0.717) is 33.0 Å². The van der Waals surface area contributed by atoms with Crippen LogP contribution in [0.25, 0.3) is 77.9 Å². The van der Waals surface area contributed by atoms with E-state index in [2.05, 4.69) is 19.9 Å². The Hall–Kier alpha value is -5.02. The van der Waals surface area contributed by atoms with Crippen molar-refractivity contribution in [2.24, 2.45) is 0 Å². The van der Waals surface area contributed by atoms with Gasteiger partial charge in [0.15, 0.2) is 0 Å². The third-order valence-corrected chi connectivity index (χ3v) is 8.01. The molecule has 0 saturated carbocycles. The second kappa shape index (κ2) is 8.41. The van der Waals surface area contributed by atoms with Gasteiger partial charge in [0, 0.05) is 33.0 Å². The molecule has 0 spiro atoms. The standard InChI is InChI=1S/C30H8F12N4/c31-27(32,33)13-5-17-18(6-14(13)28(34,35)36)45-25-11-3-4-12-22-10(2-1-9(21(11)22)23(25)43-17)24-26(12)46-20-8-16(30(40,41)42)15(29(37,38)39)7-19(20)44-24/h1-8H. The molecule has 2 aliphatic carbocycles. The van der Waals surface area contributed by atoms with Crippen molar-refractivity contribution in [1.29, 1.82) is 0 Å². The van der Waals surface area contributed by atoms with Crippen LogP contribution in [0.5, 0.6) is 0 Å². The van der Waals surface area contributed by atoms with E-state index in [1.807, 2.05) is 0 Å². The molecule has 0 unspecified atom stereocenters. The summed E-state index contributed by atoms with van der Waals surface area (Å²) in [7, 11) is 0. The zero-order chi connectivity index (χ0) is 32.9. The molecule has 2 aliphatic rings. The molecule has 0 atom stereocenters. The molecule has 16 heteroatoms. The van der Waals surface area contributed by atoms with E-state index in [-0.39, 0.29) is 47.0 Å². The smallest absolute Gasteiger partial charge is 0.244 e. The Balaban J connectivity index is 1.37. The highest BCUT2D eigenvalue weighted by Crippen LogP contribution is 2.55. The zero-order valence-electron chi connectivity index (χ0n) is 21.9. The van der Waals surface area contributed by atoms with Gasteiger partial charge >= 0.3 is 24.7 Å². The predicted octanol–water partition coefficient (Wildman–Crippen LogP) is 10.1. The molecule has 232 valence electrons. The van der Waals surface area contributed by atoms with Crippen LogP contribution >= 0.6 is 0 Å². The number of nitrogens with zero attached hydrogens (tertiary/aromatic N) is 4. The van der Waals surface area contributed by atoms with E-state index < -0.39 is 69.0 Å². The Morgan fingerprint density at radius 3 is 0.696 bits per heavy atom. The second-order valence-electron chi connectivity index (χ2n) is 10.7. The first-order valence-corrected chi connectivity index (χ1v) is 12.9. The maximum Gasteiger partial charge on any atom is 0.417 e. The van der Waals surface area contributed by atoms with E-state index in [1.54, 1.807) is 0 Å². The minimum Gasteiger partial charge on any atom is -0.244 e. The lowest BCUT2D eigenvalue weighted by molar-refractivity contribution is -0.161. The van der Waals surface area contributed by atoms with Crippen molar-refractivity contribution in [3.8, 4) is 45.0 Å². The highest BCUT2D eigenvalue weighted by atomic mass is 19.4. The monoisotopic (exact) mass is 652 g/mol. The van der Waals surface area contributed by atoms with Crippen molar-refractivity contribution in [2.75, 3.05) is 0 Å². The van der Waals surface area contributed by atoms with Crippen molar-refractivity contribution in [2.45, 2.75) is 24.7 Å². The second-order valence-corrected chi connectivity index (χ2v) is 10.7. The number of benzene rings is 4. The summed E-state index contributed by atoms with van der Waals surface area (Å²) in [4.78, 5) is 17.0. The Morgan fingerprint density at radius 1 is 0.326 bits per heavy atom. The van der Waals surface area contributed by atoms with Crippen LogP contribution in [0.4, 0.5) is 52.7 Å². The van der Waals surface area contributed by atoms with Crippen LogP contribution in [0.2, 0.25) is 0 Å². The van der Waals surface area contributed by atoms with Gasteiger partial charge in [0.1, 0.15) is 0 Å². The summed E-state index contributed by atoms with van der Waals surface area (Å²) in [5, 5.41) is 0.839. The van der Waals surface area contributed by atoms with Gasteiger partial charge in [-0.05, 0) is 24.3 Å². The number of halogens is 12. The Labute approximate surface area is 246 Å². The van der Waals surface area contributed by atoms with Crippen molar-refractivity contribution in [3.63, 3.8) is 0 Å². The molecule has 46 heavy (non-hydrogen) atoms. The normalized spacial score (nSPS) is 14.1. The van der Waals surface area contributed by atoms with Crippen molar-refractivity contribution in [3.05, 3.63) is 70.8 Å². The fourth-order valence-corrected chi connectivity index (χ4v) is 6.18. The first kappa shape index (κ1) is 28.5. The number of aromatic nitrogens is 4. The quantitative estimate of drug-likeness (QED) is 0.153. The lowest BCUT2D eigenvalue weighted by atomic mass is 9.99. The third kappa shape index (κ3) is 3.84. The summed E-state index contributed by atoms with van der Waals surface area (Å²) in [6.07, 6.45) is -21.4. The number of hydrogen-bond donors (Lipinski definition) is 0. The van der Waals surface area contributed by atoms with Gasteiger partial charge in [-0.15, -0.1) is 0 Å². The molecule has 4 aromatic carbocycles. The summed E-state index contributed by atoms with van der Waals surface area (Å²) in [6, 6.07) is 7.13. The molecule has 2 aromatic heterocycles. The maximum absolute atomic E-state index is 13.6. The molecule has 0 amide bonds. The van der Waals surface area contributed by atoms with E-state index in [9.17, 15) is 52.7 Å². The van der Waals surface area contributed by atoms with Crippen LogP contribution < -0.4 is 0 Å². The average Bonchev–Trinajstić information content (AvgIpc) is 3.42. The predicted molar refractivity (Wildman–Crippen MR) is 139 cm³/mol. The maximum atomic E-state index is 13.6. The highest BCUT2D eigenvalue weighted by molar-refractivity contribution is 6.25. The Morgan fingerprint density at radius 2 is 0.522 bits per heavy atom. The van der Waals surface area contributed by atoms with E-state index in [4.69, 9.17) is 0 Å². The van der Waals surface area contributed by atoms with Crippen LogP contribution in [-0.4, -0.2) is 19.9 Å². The fraction of sp³-hybridized carbons (Fsp3) is 0.133. The van der Waals surface area contributed by atoms with Gasteiger partial charge in [-0.1, -0.05) is 24.3 Å². The molecule has 0 fully saturated rings. The molecule has 0 saturated heterocycles. The van der Waals surface area contributed by atoms with Gasteiger partial charge in [0.2, 0.25) is 0 Å². The van der Waals surface area contributed by atoms with Crippen LogP contribution in [-0.2, 0) is 24.7 Å². The molecular formula is C30H8F12N4. The third-order valence-electron chi connectivity index (χ3n) is 8.01. The zero-order valence-corrected chi connectivity index (χ0v) is 21.9. The van der Waals surface area contributed by atoms with Gasteiger partial charge in [-0.25, -0.2) is 19.9 Å². The Kier molecular flexibility index (Phi) is 5.20. The van der Waals surface area contributed by atoms with Crippen LogP contribution in [0.15, 0.2) is 48.5 Å². The average molecular weight is 652 g/mol. The number of rotatable bonds is 0. The van der Waals surface area contributed by atoms with Crippen molar-refractivity contribution >= 4 is 32.8 Å². The minimum atomic E-state index is -5.34. The molecular weight excluding hydrogens is 644 g/mol. The highest BCUT2D eigenvalue weighted by Gasteiger charge is 2.45. The van der Waals surface area contributed by atoms with Gasteiger partial charge in [-0.3, -0.25) is 0 Å². The van der Waals surface area contributed by atoms with Gasteiger partial charge in [0.25, 0.3) is 0 Å². The molecule has 0 radical (unpaired) electrons. The van der Waals surface area contributed by atoms with Crippen molar-refractivity contribution in [1.82, 2.24) is 19.9 Å². The first-order valence-electron chi connectivity index (χ1n) is 12.9. The lowest BCUT2D eigenvalue weighted by Gasteiger charge is -2.16. The van der Waals surface area contributed by atoms with E-state index in [1.165, 1.54) is 24.3 Å². The number of fused-ring (bicyclic) bond motifs is 8. The molecule has 0 N–H and O–H groups in total. The number of alkyl halides is 12. The van der Waals surface area contributed by atoms with E-state index >= 15 is 0 Å². The first-order chi connectivity index (χ1) is 21.3. The van der Waals surface area contributed by atoms with Crippen molar-refractivity contribution < 1.29 is 52.7 Å². The minimum absolute atomic E-state index is 0.0748. The van der Waals surface area contributed by atoms with Gasteiger partial charge in [-0.2, -0.15) is 52.7 Å². The molecule has 6 aromatic rings. The molecule has 4 nitrogen and oxygen atoms in total. The topological polar surface area (TPSA) is 51.6 Å². The summed E-state index contributed by atoms with van der Waals surface area (Å²) in [6.45, 7) is 0. The fourth-order valence-electron chi connectivity index (χ4n) is 6.18. The summed E-state index contributed by atoms with van der Waals surface area (Å²) >= 11 is 0.